The van der Waals surface area contributed by atoms with Crippen LogP contribution < -0.4 is 0 Å². The molecule has 0 amide bonds. The zero-order valence-electron chi connectivity index (χ0n) is 19.7. The van der Waals surface area contributed by atoms with Crippen molar-refractivity contribution in [2.45, 2.75) is 51.7 Å². The molecule has 0 atom stereocenters. The lowest BCUT2D eigenvalue weighted by molar-refractivity contribution is -0.203. The molecule has 3 aromatic carbocycles. The molecular weight excluding hydrogens is 456 g/mol. The van der Waals surface area contributed by atoms with Crippen LogP contribution in [0.1, 0.15) is 55.7 Å². The highest BCUT2D eigenvalue weighted by atomic mass is 19.2. The summed E-state index contributed by atoms with van der Waals surface area (Å²) in [6.07, 6.45) is 5.22. The maximum atomic E-state index is 14.6. The van der Waals surface area contributed by atoms with Crippen molar-refractivity contribution < 1.29 is 27.0 Å². The van der Waals surface area contributed by atoms with Gasteiger partial charge in [0.25, 0.3) is 0 Å². The normalized spacial score (nSPS) is 17.9. The highest BCUT2D eigenvalue weighted by molar-refractivity contribution is 5.84. The first-order valence-electron chi connectivity index (χ1n) is 12.1. The molecule has 35 heavy (non-hydrogen) atoms. The van der Waals surface area contributed by atoms with Crippen LogP contribution in [0.15, 0.2) is 42.5 Å². The molecule has 0 spiro atoms. The molecule has 1 saturated heterocycles. The van der Waals surface area contributed by atoms with E-state index in [0.717, 1.165) is 12.5 Å². The van der Waals surface area contributed by atoms with Gasteiger partial charge in [0.05, 0.1) is 18.8 Å². The van der Waals surface area contributed by atoms with Crippen LogP contribution in [-0.2, 0) is 15.9 Å². The highest BCUT2D eigenvalue weighted by Gasteiger charge is 2.22. The highest BCUT2D eigenvalue weighted by Crippen LogP contribution is 2.23. The number of hydrogen-bond acceptors (Lipinski definition) is 2. The Bertz CT molecular complexity index is 1210. The number of aryl methyl sites for hydroxylation is 1. The van der Waals surface area contributed by atoms with Gasteiger partial charge in [0.2, 0.25) is 0 Å². The first-order chi connectivity index (χ1) is 16.9. The van der Waals surface area contributed by atoms with E-state index in [4.69, 9.17) is 9.47 Å². The molecule has 0 unspecified atom stereocenters. The fraction of sp³-hybridized carbons (Fsp3) is 0.379. The molecular formula is C29H28F4O2. The molecule has 0 bridgehead atoms. The molecule has 4 rings (SSSR count). The van der Waals surface area contributed by atoms with Gasteiger partial charge in [-0.25, -0.2) is 17.6 Å². The second-order valence-electron chi connectivity index (χ2n) is 8.98. The Morgan fingerprint density at radius 2 is 1.57 bits per heavy atom. The average molecular weight is 485 g/mol. The van der Waals surface area contributed by atoms with Crippen LogP contribution in [0.3, 0.4) is 0 Å². The van der Waals surface area contributed by atoms with Gasteiger partial charge < -0.3 is 9.47 Å². The van der Waals surface area contributed by atoms with Crippen LogP contribution in [0.25, 0.3) is 10.8 Å². The Hall–Kier alpha value is -2.88. The van der Waals surface area contributed by atoms with Gasteiger partial charge >= 0.3 is 0 Å². The van der Waals surface area contributed by atoms with Crippen molar-refractivity contribution in [1.82, 2.24) is 0 Å². The number of fused-ring (bicyclic) bond motifs is 1. The van der Waals surface area contributed by atoms with Crippen LogP contribution in [0.5, 0.6) is 0 Å². The first kappa shape index (κ1) is 25.2. The molecule has 1 heterocycles. The third-order valence-electron chi connectivity index (χ3n) is 6.26. The monoisotopic (exact) mass is 484 g/mol. The minimum absolute atomic E-state index is 0.121. The van der Waals surface area contributed by atoms with Gasteiger partial charge in [0, 0.05) is 23.3 Å². The molecule has 0 radical (unpaired) electrons. The molecule has 1 fully saturated rings. The predicted octanol–water partition coefficient (Wildman–Crippen LogP) is 7.30. The molecule has 0 N–H and O–H groups in total. The summed E-state index contributed by atoms with van der Waals surface area (Å²) in [6, 6.07) is 9.46. The van der Waals surface area contributed by atoms with Crippen molar-refractivity contribution in [2.24, 2.45) is 5.92 Å². The number of hydrogen-bond donors (Lipinski definition) is 0. The molecule has 1 aliphatic rings. The van der Waals surface area contributed by atoms with E-state index in [-0.39, 0.29) is 17.2 Å². The van der Waals surface area contributed by atoms with E-state index in [1.54, 1.807) is 6.07 Å². The third-order valence-corrected chi connectivity index (χ3v) is 6.26. The van der Waals surface area contributed by atoms with Gasteiger partial charge in [-0.3, -0.25) is 0 Å². The van der Waals surface area contributed by atoms with Gasteiger partial charge in [0.15, 0.2) is 17.9 Å². The molecule has 2 nitrogen and oxygen atoms in total. The third kappa shape index (κ3) is 6.42. The van der Waals surface area contributed by atoms with E-state index in [2.05, 4.69) is 18.8 Å². The Labute approximate surface area is 203 Å². The zero-order valence-corrected chi connectivity index (χ0v) is 19.7. The summed E-state index contributed by atoms with van der Waals surface area (Å²) in [5.74, 6) is 2.28. The predicted molar refractivity (Wildman–Crippen MR) is 128 cm³/mol. The van der Waals surface area contributed by atoms with Gasteiger partial charge in [-0.2, -0.15) is 0 Å². The van der Waals surface area contributed by atoms with Crippen LogP contribution >= 0.6 is 0 Å². The quantitative estimate of drug-likeness (QED) is 0.199. The van der Waals surface area contributed by atoms with E-state index in [1.807, 2.05) is 0 Å². The standard InChI is InChI=1S/C29H28F4O2/c1-2-3-4-5-21-17-34-28(35-18-21)13-8-20-15-26(31)24(27(32)16-20)11-7-19-6-10-23-22(14-19)9-12-25(30)29(23)33/h6,9-10,12,14-16,21,28H,2-5,8,13,17-18H2,1H3. The maximum absolute atomic E-state index is 14.6. The molecule has 1 aliphatic heterocycles. The van der Waals surface area contributed by atoms with E-state index in [1.165, 1.54) is 49.6 Å². The van der Waals surface area contributed by atoms with Crippen molar-refractivity contribution >= 4 is 10.8 Å². The van der Waals surface area contributed by atoms with Gasteiger partial charge in [-0.1, -0.05) is 50.2 Å². The van der Waals surface area contributed by atoms with E-state index in [9.17, 15) is 17.6 Å². The number of benzene rings is 3. The molecule has 0 saturated carbocycles. The number of rotatable bonds is 7. The Kier molecular flexibility index (Phi) is 8.43. The number of ether oxygens (including phenoxy) is 2. The fourth-order valence-corrected chi connectivity index (χ4v) is 4.25. The van der Waals surface area contributed by atoms with Crippen LogP contribution in [0.2, 0.25) is 0 Å². The van der Waals surface area contributed by atoms with Gasteiger partial charge in [-0.05, 0) is 54.1 Å². The first-order valence-corrected chi connectivity index (χ1v) is 12.1. The van der Waals surface area contributed by atoms with Gasteiger partial charge in [0.1, 0.15) is 11.6 Å². The zero-order chi connectivity index (χ0) is 24.8. The van der Waals surface area contributed by atoms with Crippen LogP contribution in [0.4, 0.5) is 17.6 Å². The molecule has 0 aliphatic carbocycles. The largest absolute Gasteiger partial charge is 0.352 e. The van der Waals surface area contributed by atoms with Crippen molar-refractivity contribution in [2.75, 3.05) is 13.2 Å². The minimum atomic E-state index is -0.939. The van der Waals surface area contributed by atoms with Crippen molar-refractivity contribution in [3.05, 3.63) is 82.4 Å². The summed E-state index contributed by atoms with van der Waals surface area (Å²) in [5, 5.41) is 0.571. The SMILES string of the molecule is CCCCCC1COC(CCc2cc(F)c(C#Cc3ccc4c(F)c(F)ccc4c3)c(F)c2)OC1. The van der Waals surface area contributed by atoms with Crippen LogP contribution in [-0.4, -0.2) is 19.5 Å². The second kappa shape index (κ2) is 11.7. The molecule has 184 valence electrons. The van der Waals surface area contributed by atoms with Crippen molar-refractivity contribution in [3.63, 3.8) is 0 Å². The summed E-state index contributed by atoms with van der Waals surface area (Å²) in [5.41, 5.74) is 0.608. The fourth-order valence-electron chi connectivity index (χ4n) is 4.25. The molecule has 6 heteroatoms. The summed E-state index contributed by atoms with van der Waals surface area (Å²) in [7, 11) is 0. The number of halogens is 4. The number of unbranched alkanes of at least 4 members (excludes halogenated alkanes) is 2. The summed E-state index contributed by atoms with van der Waals surface area (Å²) < 4.78 is 68.1. The lowest BCUT2D eigenvalue weighted by Gasteiger charge is -2.29. The lowest BCUT2D eigenvalue weighted by Crippen LogP contribution is -2.32. The summed E-state index contributed by atoms with van der Waals surface area (Å²) in [4.78, 5) is 0. The van der Waals surface area contributed by atoms with E-state index in [0.29, 0.717) is 48.5 Å². The van der Waals surface area contributed by atoms with Crippen LogP contribution in [0, 0.1) is 41.0 Å². The lowest BCUT2D eigenvalue weighted by atomic mass is 10.0. The van der Waals surface area contributed by atoms with Crippen molar-refractivity contribution in [1.29, 1.82) is 0 Å². The second-order valence-corrected chi connectivity index (χ2v) is 8.98. The van der Waals surface area contributed by atoms with Crippen molar-refractivity contribution in [3.8, 4) is 11.8 Å². The van der Waals surface area contributed by atoms with E-state index < -0.39 is 23.3 Å². The Balaban J connectivity index is 1.37. The Morgan fingerprint density at radius 3 is 2.29 bits per heavy atom. The molecule has 0 aromatic heterocycles. The van der Waals surface area contributed by atoms with Gasteiger partial charge in [-0.15, -0.1) is 0 Å². The Morgan fingerprint density at radius 1 is 0.829 bits per heavy atom. The molecule has 3 aromatic rings. The minimum Gasteiger partial charge on any atom is -0.352 e. The van der Waals surface area contributed by atoms with E-state index >= 15 is 0 Å². The average Bonchev–Trinajstić information content (AvgIpc) is 2.85. The smallest absolute Gasteiger partial charge is 0.166 e. The summed E-state index contributed by atoms with van der Waals surface area (Å²) in [6.45, 7) is 3.48. The topological polar surface area (TPSA) is 18.5 Å². The summed E-state index contributed by atoms with van der Waals surface area (Å²) >= 11 is 0. The maximum Gasteiger partial charge on any atom is 0.166 e.